The third-order valence-corrected chi connectivity index (χ3v) is 2.43. The van der Waals surface area contributed by atoms with Gasteiger partial charge in [-0.05, 0) is 25.5 Å². The topological polar surface area (TPSA) is 24.4 Å². The van der Waals surface area contributed by atoms with E-state index in [1.165, 1.54) is 0 Å². The van der Waals surface area contributed by atoms with E-state index in [1.54, 1.807) is 0 Å². The number of nitrogens with zero attached hydrogens (tertiary/aromatic N) is 1. The molecule has 0 saturated heterocycles. The van der Waals surface area contributed by atoms with Crippen LogP contribution in [0.25, 0.3) is 0 Å². The molecule has 82 valence electrons. The summed E-state index contributed by atoms with van der Waals surface area (Å²) in [6, 6.07) is 10.4. The van der Waals surface area contributed by atoms with E-state index < -0.39 is 0 Å². The van der Waals surface area contributed by atoms with Crippen molar-refractivity contribution >= 4 is 11.5 Å². The highest BCUT2D eigenvalue weighted by molar-refractivity contribution is 5.82. The Bertz CT molecular complexity index is 416. The SMILES string of the molecule is C/C(=N/c1ccccc1)NC1C=CC=CC1. The quantitative estimate of drug-likeness (QED) is 0.591. The summed E-state index contributed by atoms with van der Waals surface area (Å²) in [6.45, 7) is 2.00. The van der Waals surface area contributed by atoms with Crippen molar-refractivity contribution in [2.75, 3.05) is 0 Å². The molecule has 1 aliphatic rings. The lowest BCUT2D eigenvalue weighted by Crippen LogP contribution is -2.31. The van der Waals surface area contributed by atoms with E-state index in [1.807, 2.05) is 37.3 Å². The fourth-order valence-electron chi connectivity index (χ4n) is 1.68. The Hall–Kier alpha value is -1.83. The zero-order valence-corrected chi connectivity index (χ0v) is 9.43. The van der Waals surface area contributed by atoms with Crippen LogP contribution in [0, 0.1) is 0 Å². The first-order valence-corrected chi connectivity index (χ1v) is 5.55. The van der Waals surface area contributed by atoms with E-state index in [-0.39, 0.29) is 0 Å². The molecular formula is C14H16N2. The molecule has 1 aliphatic carbocycles. The lowest BCUT2D eigenvalue weighted by Gasteiger charge is -2.15. The van der Waals surface area contributed by atoms with E-state index >= 15 is 0 Å². The lowest BCUT2D eigenvalue weighted by molar-refractivity contribution is 0.731. The second kappa shape index (κ2) is 5.31. The molecule has 16 heavy (non-hydrogen) atoms. The standard InChI is InChI=1S/C14H16N2/c1-12(15-13-8-4-2-5-9-13)16-14-10-6-3-7-11-14/h2-10,14H,11H2,1H3,(H,15,16). The van der Waals surface area contributed by atoms with Crippen molar-refractivity contribution in [1.82, 2.24) is 5.32 Å². The van der Waals surface area contributed by atoms with Crippen LogP contribution < -0.4 is 5.32 Å². The van der Waals surface area contributed by atoms with Gasteiger partial charge >= 0.3 is 0 Å². The number of benzene rings is 1. The molecule has 2 rings (SSSR count). The summed E-state index contributed by atoms with van der Waals surface area (Å²) < 4.78 is 0. The number of rotatable bonds is 2. The van der Waals surface area contributed by atoms with E-state index in [0.29, 0.717) is 6.04 Å². The van der Waals surface area contributed by atoms with Gasteiger partial charge in [-0.3, -0.25) is 0 Å². The summed E-state index contributed by atoms with van der Waals surface area (Å²) in [7, 11) is 0. The van der Waals surface area contributed by atoms with Crippen molar-refractivity contribution in [2.45, 2.75) is 19.4 Å². The third kappa shape index (κ3) is 3.09. The lowest BCUT2D eigenvalue weighted by atomic mass is 10.1. The number of para-hydroxylation sites is 1. The Kier molecular flexibility index (Phi) is 3.54. The number of aliphatic imine (C=N–C) groups is 1. The van der Waals surface area contributed by atoms with Gasteiger partial charge in [0.2, 0.25) is 0 Å². The number of hydrogen-bond acceptors (Lipinski definition) is 1. The maximum Gasteiger partial charge on any atom is 0.0995 e. The maximum atomic E-state index is 4.50. The van der Waals surface area contributed by atoms with Crippen LogP contribution in [0.2, 0.25) is 0 Å². The number of nitrogens with one attached hydrogen (secondary N) is 1. The molecular weight excluding hydrogens is 196 g/mol. The molecule has 0 heterocycles. The minimum Gasteiger partial charge on any atom is -0.367 e. The molecule has 0 aromatic heterocycles. The summed E-state index contributed by atoms with van der Waals surface area (Å²) in [4.78, 5) is 4.50. The van der Waals surface area contributed by atoms with Crippen molar-refractivity contribution < 1.29 is 0 Å². The third-order valence-electron chi connectivity index (χ3n) is 2.43. The molecule has 0 saturated carbocycles. The molecule has 0 fully saturated rings. The molecule has 1 unspecified atom stereocenters. The van der Waals surface area contributed by atoms with Crippen molar-refractivity contribution in [3.05, 3.63) is 54.6 Å². The minimum atomic E-state index is 0.373. The summed E-state index contributed by atoms with van der Waals surface area (Å²) in [5.74, 6) is 0.955. The molecule has 1 N–H and O–H groups in total. The first-order valence-electron chi connectivity index (χ1n) is 5.55. The Morgan fingerprint density at radius 1 is 1.25 bits per heavy atom. The van der Waals surface area contributed by atoms with Gasteiger partial charge in [-0.15, -0.1) is 0 Å². The highest BCUT2D eigenvalue weighted by atomic mass is 15.0. The summed E-state index contributed by atoms with van der Waals surface area (Å²) in [5.41, 5.74) is 0.989. The second-order valence-corrected chi connectivity index (χ2v) is 3.83. The van der Waals surface area contributed by atoms with Crippen molar-refractivity contribution in [3.8, 4) is 0 Å². The fraction of sp³-hybridized carbons (Fsp3) is 0.214. The molecule has 0 aliphatic heterocycles. The van der Waals surface area contributed by atoms with Gasteiger partial charge in [-0.2, -0.15) is 0 Å². The van der Waals surface area contributed by atoms with Crippen LogP contribution in [-0.4, -0.2) is 11.9 Å². The molecule has 1 aromatic rings. The van der Waals surface area contributed by atoms with E-state index in [2.05, 4.69) is 34.6 Å². The highest BCUT2D eigenvalue weighted by Crippen LogP contribution is 2.10. The molecule has 1 aromatic carbocycles. The van der Waals surface area contributed by atoms with Gasteiger partial charge in [-0.1, -0.05) is 42.5 Å². The fourth-order valence-corrected chi connectivity index (χ4v) is 1.68. The van der Waals surface area contributed by atoms with Crippen LogP contribution in [0.3, 0.4) is 0 Å². The number of allylic oxidation sites excluding steroid dienone is 2. The van der Waals surface area contributed by atoms with Crippen LogP contribution in [0.5, 0.6) is 0 Å². The number of amidine groups is 1. The Balaban J connectivity index is 1.97. The predicted octanol–water partition coefficient (Wildman–Crippen LogP) is 3.21. The smallest absolute Gasteiger partial charge is 0.0995 e. The monoisotopic (exact) mass is 212 g/mol. The zero-order chi connectivity index (χ0) is 11.2. The molecule has 0 radical (unpaired) electrons. The van der Waals surface area contributed by atoms with Gasteiger partial charge in [0.1, 0.15) is 0 Å². The molecule has 0 spiro atoms. The second-order valence-electron chi connectivity index (χ2n) is 3.83. The van der Waals surface area contributed by atoms with E-state index in [0.717, 1.165) is 17.9 Å². The van der Waals surface area contributed by atoms with Gasteiger partial charge in [0, 0.05) is 6.04 Å². The van der Waals surface area contributed by atoms with E-state index in [4.69, 9.17) is 0 Å². The first kappa shape index (κ1) is 10.7. The Morgan fingerprint density at radius 3 is 2.75 bits per heavy atom. The molecule has 2 nitrogen and oxygen atoms in total. The van der Waals surface area contributed by atoms with Gasteiger partial charge in [0.15, 0.2) is 0 Å². The van der Waals surface area contributed by atoms with E-state index in [9.17, 15) is 0 Å². The molecule has 1 atom stereocenters. The van der Waals surface area contributed by atoms with Crippen LogP contribution in [0.1, 0.15) is 13.3 Å². The maximum absolute atomic E-state index is 4.50. The van der Waals surface area contributed by atoms with Gasteiger partial charge in [0.25, 0.3) is 0 Å². The largest absolute Gasteiger partial charge is 0.367 e. The average molecular weight is 212 g/mol. The first-order chi connectivity index (χ1) is 7.84. The van der Waals surface area contributed by atoms with Crippen molar-refractivity contribution in [3.63, 3.8) is 0 Å². The number of hydrogen-bond donors (Lipinski definition) is 1. The summed E-state index contributed by atoms with van der Waals surface area (Å²) in [6.07, 6.45) is 9.48. The highest BCUT2D eigenvalue weighted by Gasteiger charge is 2.04. The van der Waals surface area contributed by atoms with Crippen molar-refractivity contribution in [2.24, 2.45) is 4.99 Å². The normalized spacial score (nSPS) is 19.8. The van der Waals surface area contributed by atoms with Crippen LogP contribution in [-0.2, 0) is 0 Å². The van der Waals surface area contributed by atoms with Crippen LogP contribution in [0.4, 0.5) is 5.69 Å². The molecule has 0 bridgehead atoms. The average Bonchev–Trinajstić information content (AvgIpc) is 2.31. The van der Waals surface area contributed by atoms with Crippen LogP contribution >= 0.6 is 0 Å². The zero-order valence-electron chi connectivity index (χ0n) is 9.43. The summed E-state index contributed by atoms with van der Waals surface area (Å²) in [5, 5.41) is 3.38. The predicted molar refractivity (Wildman–Crippen MR) is 69.0 cm³/mol. The Labute approximate surface area is 96.4 Å². The summed E-state index contributed by atoms with van der Waals surface area (Å²) >= 11 is 0. The molecule has 2 heteroatoms. The molecule has 0 amide bonds. The van der Waals surface area contributed by atoms with Gasteiger partial charge < -0.3 is 5.32 Å². The van der Waals surface area contributed by atoms with Gasteiger partial charge in [0.05, 0.1) is 11.5 Å². The van der Waals surface area contributed by atoms with Gasteiger partial charge in [-0.25, -0.2) is 4.99 Å². The Morgan fingerprint density at radius 2 is 2.06 bits per heavy atom. The van der Waals surface area contributed by atoms with Crippen LogP contribution in [0.15, 0.2) is 59.6 Å². The minimum absolute atomic E-state index is 0.373. The van der Waals surface area contributed by atoms with Crippen molar-refractivity contribution in [1.29, 1.82) is 0 Å².